The van der Waals surface area contributed by atoms with E-state index in [2.05, 4.69) is 0 Å². The molecule has 2 aromatic carbocycles. The second-order valence-electron chi connectivity index (χ2n) is 4.17. The van der Waals surface area contributed by atoms with Crippen molar-refractivity contribution in [3.05, 3.63) is 48.0 Å². The fraction of sp³-hybridized carbons (Fsp3) is 0.188. The van der Waals surface area contributed by atoms with Crippen molar-refractivity contribution in [2.45, 2.75) is 6.92 Å². The van der Waals surface area contributed by atoms with Crippen molar-refractivity contribution in [2.24, 2.45) is 0 Å². The predicted octanol–water partition coefficient (Wildman–Crippen LogP) is 3.57. The number of rotatable bonds is 4. The first-order chi connectivity index (χ1) is 9.17. The number of carbonyl (C=O) groups excluding carboxylic acids is 1. The molecule has 2 aromatic rings. The second kappa shape index (κ2) is 5.57. The van der Waals surface area contributed by atoms with Crippen molar-refractivity contribution < 1.29 is 14.3 Å². The highest BCUT2D eigenvalue weighted by atomic mass is 16.5. The number of methoxy groups -OCH3 is 2. The molecule has 98 valence electrons. The summed E-state index contributed by atoms with van der Waals surface area (Å²) < 4.78 is 10.7. The van der Waals surface area contributed by atoms with Crippen LogP contribution in [0.3, 0.4) is 0 Å². The first-order valence-electron chi connectivity index (χ1n) is 5.99. The molecular weight excluding hydrogens is 240 g/mol. The van der Waals surface area contributed by atoms with Gasteiger partial charge in [-0.15, -0.1) is 0 Å². The maximum Gasteiger partial charge on any atom is 0.159 e. The van der Waals surface area contributed by atoms with Crippen molar-refractivity contribution in [2.75, 3.05) is 14.2 Å². The second-order valence-corrected chi connectivity index (χ2v) is 4.17. The van der Waals surface area contributed by atoms with Crippen molar-refractivity contribution in [3.8, 4) is 22.6 Å². The van der Waals surface area contributed by atoms with Crippen LogP contribution < -0.4 is 9.47 Å². The van der Waals surface area contributed by atoms with E-state index in [1.54, 1.807) is 26.4 Å². The van der Waals surface area contributed by atoms with Crippen molar-refractivity contribution in [1.82, 2.24) is 0 Å². The Morgan fingerprint density at radius 3 is 2.16 bits per heavy atom. The molecule has 0 atom stereocenters. The van der Waals surface area contributed by atoms with Crippen LogP contribution in [0.15, 0.2) is 42.5 Å². The number of carbonyl (C=O) groups is 1. The van der Waals surface area contributed by atoms with Gasteiger partial charge in [-0.3, -0.25) is 4.79 Å². The van der Waals surface area contributed by atoms with Crippen molar-refractivity contribution >= 4 is 5.78 Å². The van der Waals surface area contributed by atoms with Crippen molar-refractivity contribution in [3.63, 3.8) is 0 Å². The summed E-state index contributed by atoms with van der Waals surface area (Å²) in [6.45, 7) is 1.54. The topological polar surface area (TPSA) is 35.5 Å². The Labute approximate surface area is 112 Å². The maximum atomic E-state index is 11.4. The van der Waals surface area contributed by atoms with Gasteiger partial charge >= 0.3 is 0 Å². The SMILES string of the molecule is COc1ccccc1-c1ccc(C(C)=O)cc1OC. The van der Waals surface area contributed by atoms with Gasteiger partial charge in [-0.1, -0.05) is 24.3 Å². The van der Waals surface area contributed by atoms with Crippen LogP contribution in [0.1, 0.15) is 17.3 Å². The summed E-state index contributed by atoms with van der Waals surface area (Å²) in [5.74, 6) is 1.46. The van der Waals surface area contributed by atoms with E-state index in [1.165, 1.54) is 6.92 Å². The van der Waals surface area contributed by atoms with E-state index in [1.807, 2.05) is 30.3 Å². The smallest absolute Gasteiger partial charge is 0.159 e. The van der Waals surface area contributed by atoms with Crippen LogP contribution in [0, 0.1) is 0 Å². The van der Waals surface area contributed by atoms with Crippen LogP contribution in [-0.2, 0) is 0 Å². The number of ketones is 1. The highest BCUT2D eigenvalue weighted by Crippen LogP contribution is 2.36. The molecule has 0 aliphatic carbocycles. The van der Waals surface area contributed by atoms with Gasteiger partial charge in [0.2, 0.25) is 0 Å². The van der Waals surface area contributed by atoms with Crippen LogP contribution in [0.4, 0.5) is 0 Å². The Morgan fingerprint density at radius 2 is 1.53 bits per heavy atom. The molecule has 0 saturated heterocycles. The third-order valence-electron chi connectivity index (χ3n) is 3.01. The minimum absolute atomic E-state index is 0.0184. The summed E-state index contributed by atoms with van der Waals surface area (Å²) in [4.78, 5) is 11.4. The lowest BCUT2D eigenvalue weighted by Crippen LogP contribution is -1.96. The van der Waals surface area contributed by atoms with E-state index < -0.39 is 0 Å². The molecule has 3 nitrogen and oxygen atoms in total. The maximum absolute atomic E-state index is 11.4. The molecular formula is C16H16O3. The molecule has 0 spiro atoms. The zero-order chi connectivity index (χ0) is 13.8. The standard InChI is InChI=1S/C16H16O3/c1-11(17)12-8-9-14(16(10-12)19-3)13-6-4-5-7-15(13)18-2/h4-10H,1-3H3. The third-order valence-corrected chi connectivity index (χ3v) is 3.01. The number of ether oxygens (including phenoxy) is 2. The van der Waals surface area contributed by atoms with Crippen LogP contribution in [0.25, 0.3) is 11.1 Å². The fourth-order valence-corrected chi connectivity index (χ4v) is 2.00. The average Bonchev–Trinajstić information content (AvgIpc) is 2.46. The number of Topliss-reactive ketones (excluding diaryl/α,β-unsaturated/α-hetero) is 1. The lowest BCUT2D eigenvalue weighted by molar-refractivity contribution is 0.101. The molecule has 2 rings (SSSR count). The Bertz CT molecular complexity index is 603. The van der Waals surface area contributed by atoms with Gasteiger partial charge in [0.1, 0.15) is 11.5 Å². The van der Waals surface area contributed by atoms with E-state index >= 15 is 0 Å². The number of benzene rings is 2. The molecule has 0 amide bonds. The molecule has 0 bridgehead atoms. The van der Waals surface area contributed by atoms with Gasteiger partial charge in [0.25, 0.3) is 0 Å². The fourth-order valence-electron chi connectivity index (χ4n) is 2.00. The molecule has 0 heterocycles. The van der Waals surface area contributed by atoms with Crippen LogP contribution in [0.5, 0.6) is 11.5 Å². The van der Waals surface area contributed by atoms with E-state index in [0.717, 1.165) is 16.9 Å². The molecule has 0 fully saturated rings. The zero-order valence-electron chi connectivity index (χ0n) is 11.3. The molecule has 0 unspecified atom stereocenters. The molecule has 0 aliphatic rings. The zero-order valence-corrected chi connectivity index (χ0v) is 11.3. The van der Waals surface area contributed by atoms with Crippen molar-refractivity contribution in [1.29, 1.82) is 0 Å². The summed E-state index contributed by atoms with van der Waals surface area (Å²) >= 11 is 0. The number of hydrogen-bond acceptors (Lipinski definition) is 3. The van der Waals surface area contributed by atoms with Crippen LogP contribution in [-0.4, -0.2) is 20.0 Å². The Kier molecular flexibility index (Phi) is 3.85. The molecule has 0 aromatic heterocycles. The van der Waals surface area contributed by atoms with Gasteiger partial charge in [0, 0.05) is 16.7 Å². The van der Waals surface area contributed by atoms with E-state index in [-0.39, 0.29) is 5.78 Å². The highest BCUT2D eigenvalue weighted by Gasteiger charge is 2.12. The molecule has 0 saturated carbocycles. The van der Waals surface area contributed by atoms with E-state index in [0.29, 0.717) is 11.3 Å². The van der Waals surface area contributed by atoms with Gasteiger partial charge in [-0.2, -0.15) is 0 Å². The van der Waals surface area contributed by atoms with E-state index in [4.69, 9.17) is 9.47 Å². The number of para-hydroxylation sites is 1. The van der Waals surface area contributed by atoms with Gasteiger partial charge in [0.05, 0.1) is 14.2 Å². The first kappa shape index (κ1) is 13.1. The largest absolute Gasteiger partial charge is 0.496 e. The quantitative estimate of drug-likeness (QED) is 0.784. The number of hydrogen-bond donors (Lipinski definition) is 0. The first-order valence-corrected chi connectivity index (χ1v) is 5.99. The highest BCUT2D eigenvalue weighted by molar-refractivity contribution is 5.95. The molecule has 0 radical (unpaired) electrons. The Balaban J connectivity index is 2.59. The lowest BCUT2D eigenvalue weighted by atomic mass is 10.0. The monoisotopic (exact) mass is 256 g/mol. The predicted molar refractivity (Wildman–Crippen MR) is 75.0 cm³/mol. The summed E-state index contributed by atoms with van der Waals surface area (Å²) in [7, 11) is 3.23. The van der Waals surface area contributed by atoms with Gasteiger partial charge in [0.15, 0.2) is 5.78 Å². The van der Waals surface area contributed by atoms with Crippen LogP contribution in [0.2, 0.25) is 0 Å². The molecule has 0 N–H and O–H groups in total. The minimum atomic E-state index is 0.0184. The van der Waals surface area contributed by atoms with Gasteiger partial charge < -0.3 is 9.47 Å². The summed E-state index contributed by atoms with van der Waals surface area (Å²) in [6, 6.07) is 13.1. The summed E-state index contributed by atoms with van der Waals surface area (Å²) in [5.41, 5.74) is 2.48. The molecule has 19 heavy (non-hydrogen) atoms. The Hall–Kier alpha value is -2.29. The van der Waals surface area contributed by atoms with Gasteiger partial charge in [-0.25, -0.2) is 0 Å². The minimum Gasteiger partial charge on any atom is -0.496 e. The third kappa shape index (κ3) is 2.60. The normalized spacial score (nSPS) is 10.1. The summed E-state index contributed by atoms with van der Waals surface area (Å²) in [5, 5.41) is 0. The lowest BCUT2D eigenvalue weighted by Gasteiger charge is -2.13. The van der Waals surface area contributed by atoms with Crippen LogP contribution >= 0.6 is 0 Å². The van der Waals surface area contributed by atoms with E-state index in [9.17, 15) is 4.79 Å². The average molecular weight is 256 g/mol. The summed E-state index contributed by atoms with van der Waals surface area (Å²) in [6.07, 6.45) is 0. The van der Waals surface area contributed by atoms with Gasteiger partial charge in [-0.05, 0) is 25.1 Å². The Morgan fingerprint density at radius 1 is 0.895 bits per heavy atom. The molecule has 0 aliphatic heterocycles. The molecule has 3 heteroatoms.